The molecule has 0 saturated heterocycles. The minimum atomic E-state index is -0.307. The van der Waals surface area contributed by atoms with Crippen LogP contribution in [-0.2, 0) is 6.61 Å². The Morgan fingerprint density at radius 1 is 1.07 bits per heavy atom. The largest absolute Gasteiger partial charge is 0.497 e. The quantitative estimate of drug-likeness (QED) is 0.585. The number of aliphatic hydroxyl groups is 1. The number of benzene rings is 2. The van der Waals surface area contributed by atoms with Crippen LogP contribution in [0.5, 0.6) is 5.75 Å². The van der Waals surface area contributed by atoms with Crippen molar-refractivity contribution < 1.29 is 19.1 Å². The summed E-state index contributed by atoms with van der Waals surface area (Å²) in [6.45, 7) is -0.137. The molecule has 1 amide bonds. The maximum Gasteiger partial charge on any atom is 0.257 e. The molecule has 0 atom stereocenters. The second-order valence-corrected chi connectivity index (χ2v) is 6.05. The SMILES string of the molecule is COc1ccc(C(=O)NC(=S)Nc2ccc(-c3ccc(CO)o3)cc2)cc1. The van der Waals surface area contributed by atoms with E-state index in [9.17, 15) is 4.79 Å². The minimum Gasteiger partial charge on any atom is -0.497 e. The number of methoxy groups -OCH3 is 1. The summed E-state index contributed by atoms with van der Waals surface area (Å²) in [5.41, 5.74) is 2.08. The molecule has 3 N–H and O–H groups in total. The number of carbonyl (C=O) groups excluding carboxylic acids is 1. The molecular formula is C20H18N2O4S. The molecule has 0 fully saturated rings. The first kappa shape index (κ1) is 18.6. The summed E-state index contributed by atoms with van der Waals surface area (Å²) in [6.07, 6.45) is 0. The second kappa shape index (κ2) is 8.48. The molecule has 138 valence electrons. The van der Waals surface area contributed by atoms with Crippen molar-refractivity contribution in [3.63, 3.8) is 0 Å². The van der Waals surface area contributed by atoms with E-state index in [0.717, 1.165) is 11.3 Å². The van der Waals surface area contributed by atoms with Gasteiger partial charge in [-0.15, -0.1) is 0 Å². The molecule has 27 heavy (non-hydrogen) atoms. The van der Waals surface area contributed by atoms with Gasteiger partial charge in [-0.3, -0.25) is 10.1 Å². The average Bonchev–Trinajstić information content (AvgIpc) is 3.18. The van der Waals surface area contributed by atoms with Crippen LogP contribution in [0, 0.1) is 0 Å². The molecular weight excluding hydrogens is 364 g/mol. The molecule has 0 bridgehead atoms. The van der Waals surface area contributed by atoms with Gasteiger partial charge in [-0.2, -0.15) is 0 Å². The Hall–Kier alpha value is -3.16. The van der Waals surface area contributed by atoms with E-state index in [1.807, 2.05) is 24.3 Å². The van der Waals surface area contributed by atoms with Crippen LogP contribution in [0.3, 0.4) is 0 Å². The number of furan rings is 1. The van der Waals surface area contributed by atoms with Gasteiger partial charge in [-0.25, -0.2) is 0 Å². The predicted octanol–water partition coefficient (Wildman–Crippen LogP) is 3.57. The number of amides is 1. The Labute approximate surface area is 161 Å². The van der Waals surface area contributed by atoms with Crippen LogP contribution in [-0.4, -0.2) is 23.2 Å². The molecule has 0 aliphatic carbocycles. The highest BCUT2D eigenvalue weighted by atomic mass is 32.1. The smallest absolute Gasteiger partial charge is 0.257 e. The van der Waals surface area contributed by atoms with E-state index >= 15 is 0 Å². The molecule has 0 aliphatic heterocycles. The monoisotopic (exact) mass is 382 g/mol. The highest BCUT2D eigenvalue weighted by molar-refractivity contribution is 7.80. The van der Waals surface area contributed by atoms with Crippen molar-refractivity contribution in [1.82, 2.24) is 5.32 Å². The number of hydrogen-bond donors (Lipinski definition) is 3. The van der Waals surface area contributed by atoms with Crippen LogP contribution < -0.4 is 15.4 Å². The van der Waals surface area contributed by atoms with Gasteiger partial charge >= 0.3 is 0 Å². The number of anilines is 1. The van der Waals surface area contributed by atoms with E-state index in [-0.39, 0.29) is 17.6 Å². The van der Waals surface area contributed by atoms with Crippen LogP contribution in [0.15, 0.2) is 65.1 Å². The Morgan fingerprint density at radius 3 is 2.37 bits per heavy atom. The molecule has 0 saturated carbocycles. The number of thiocarbonyl (C=S) groups is 1. The lowest BCUT2D eigenvalue weighted by Gasteiger charge is -2.10. The van der Waals surface area contributed by atoms with Crippen molar-refractivity contribution >= 4 is 28.9 Å². The van der Waals surface area contributed by atoms with Crippen molar-refractivity contribution in [2.45, 2.75) is 6.61 Å². The van der Waals surface area contributed by atoms with Gasteiger partial charge in [0.05, 0.1) is 7.11 Å². The van der Waals surface area contributed by atoms with Gasteiger partial charge in [0.15, 0.2) is 5.11 Å². The van der Waals surface area contributed by atoms with Gasteiger partial charge in [-0.05, 0) is 72.9 Å². The highest BCUT2D eigenvalue weighted by Crippen LogP contribution is 2.23. The highest BCUT2D eigenvalue weighted by Gasteiger charge is 2.09. The third-order valence-electron chi connectivity index (χ3n) is 3.82. The van der Waals surface area contributed by atoms with E-state index in [4.69, 9.17) is 26.5 Å². The average molecular weight is 382 g/mol. The lowest BCUT2D eigenvalue weighted by atomic mass is 10.1. The van der Waals surface area contributed by atoms with E-state index in [1.165, 1.54) is 0 Å². The fourth-order valence-corrected chi connectivity index (χ4v) is 2.63. The third kappa shape index (κ3) is 4.72. The third-order valence-corrected chi connectivity index (χ3v) is 4.03. The van der Waals surface area contributed by atoms with Gasteiger partial charge in [0.25, 0.3) is 5.91 Å². The fraction of sp³-hybridized carbons (Fsp3) is 0.100. The number of ether oxygens (including phenoxy) is 1. The zero-order valence-electron chi connectivity index (χ0n) is 14.6. The normalized spacial score (nSPS) is 10.3. The number of nitrogens with one attached hydrogen (secondary N) is 2. The summed E-state index contributed by atoms with van der Waals surface area (Å²) in [7, 11) is 1.57. The van der Waals surface area contributed by atoms with Crippen molar-refractivity contribution in [2.24, 2.45) is 0 Å². The molecule has 0 unspecified atom stereocenters. The zero-order chi connectivity index (χ0) is 19.2. The molecule has 3 aromatic rings. The van der Waals surface area contributed by atoms with Crippen LogP contribution in [0.4, 0.5) is 5.69 Å². The van der Waals surface area contributed by atoms with Crippen LogP contribution >= 0.6 is 12.2 Å². The molecule has 3 rings (SSSR count). The number of aliphatic hydroxyl groups excluding tert-OH is 1. The summed E-state index contributed by atoms with van der Waals surface area (Å²) in [4.78, 5) is 12.2. The number of rotatable bonds is 5. The standard InChI is InChI=1S/C20H18N2O4S/c1-25-16-8-4-14(5-9-16)19(24)22-20(27)21-15-6-2-13(3-7-15)18-11-10-17(12-23)26-18/h2-11,23H,12H2,1H3,(H2,21,22,24,27). The van der Waals surface area contributed by atoms with Crippen molar-refractivity contribution in [2.75, 3.05) is 12.4 Å². The summed E-state index contributed by atoms with van der Waals surface area (Å²) in [5, 5.41) is 14.9. The van der Waals surface area contributed by atoms with Crippen LogP contribution in [0.25, 0.3) is 11.3 Å². The zero-order valence-corrected chi connectivity index (χ0v) is 15.4. The Morgan fingerprint density at radius 2 is 1.78 bits per heavy atom. The van der Waals surface area contributed by atoms with Gasteiger partial charge in [-0.1, -0.05) is 0 Å². The molecule has 1 aromatic heterocycles. The van der Waals surface area contributed by atoms with Gasteiger partial charge < -0.3 is 19.6 Å². The maximum absolute atomic E-state index is 12.2. The molecule has 7 heteroatoms. The van der Waals surface area contributed by atoms with Gasteiger partial charge in [0.1, 0.15) is 23.9 Å². The molecule has 2 aromatic carbocycles. The summed E-state index contributed by atoms with van der Waals surface area (Å²) >= 11 is 5.19. The van der Waals surface area contributed by atoms with Crippen molar-refractivity contribution in [1.29, 1.82) is 0 Å². The van der Waals surface area contributed by atoms with E-state index < -0.39 is 0 Å². The molecule has 1 heterocycles. The van der Waals surface area contributed by atoms with Crippen LogP contribution in [0.1, 0.15) is 16.1 Å². The summed E-state index contributed by atoms with van der Waals surface area (Å²) in [6, 6.07) is 17.6. The first-order chi connectivity index (χ1) is 13.1. The van der Waals surface area contributed by atoms with Crippen molar-refractivity contribution in [3.05, 3.63) is 72.0 Å². The molecule has 6 nitrogen and oxygen atoms in total. The van der Waals surface area contributed by atoms with Gasteiger partial charge in [0, 0.05) is 16.8 Å². The van der Waals surface area contributed by atoms with E-state index in [1.54, 1.807) is 43.5 Å². The summed E-state index contributed by atoms with van der Waals surface area (Å²) < 4.78 is 10.6. The minimum absolute atomic E-state index is 0.137. The molecule has 0 aliphatic rings. The first-order valence-electron chi connectivity index (χ1n) is 8.15. The first-order valence-corrected chi connectivity index (χ1v) is 8.56. The lowest BCUT2D eigenvalue weighted by molar-refractivity contribution is 0.0977. The van der Waals surface area contributed by atoms with Crippen molar-refractivity contribution in [3.8, 4) is 17.1 Å². The topological polar surface area (TPSA) is 83.7 Å². The fourth-order valence-electron chi connectivity index (χ4n) is 2.42. The van der Waals surface area contributed by atoms with E-state index in [0.29, 0.717) is 22.8 Å². The van der Waals surface area contributed by atoms with Crippen LogP contribution in [0.2, 0.25) is 0 Å². The Kier molecular flexibility index (Phi) is 5.85. The molecule has 0 radical (unpaired) electrons. The van der Waals surface area contributed by atoms with E-state index in [2.05, 4.69) is 10.6 Å². The van der Waals surface area contributed by atoms with Gasteiger partial charge in [0.2, 0.25) is 0 Å². The lowest BCUT2D eigenvalue weighted by Crippen LogP contribution is -2.34. The Bertz CT molecular complexity index is 933. The predicted molar refractivity (Wildman–Crippen MR) is 107 cm³/mol. The molecule has 0 spiro atoms. The summed E-state index contributed by atoms with van der Waals surface area (Å²) in [5.74, 6) is 1.55. The Balaban J connectivity index is 1.59. The maximum atomic E-state index is 12.2. The number of carbonyl (C=O) groups is 1. The number of hydrogen-bond acceptors (Lipinski definition) is 5. The second-order valence-electron chi connectivity index (χ2n) is 5.64.